The fourth-order valence-electron chi connectivity index (χ4n) is 1.70. The van der Waals surface area contributed by atoms with Gasteiger partial charge < -0.3 is 15.7 Å². The Balaban J connectivity index is 1.87. The van der Waals surface area contributed by atoms with Crippen molar-refractivity contribution in [2.24, 2.45) is 0 Å². The summed E-state index contributed by atoms with van der Waals surface area (Å²) in [5, 5.41) is 15.0. The maximum Gasteiger partial charge on any atom is 0.230 e. The van der Waals surface area contributed by atoms with E-state index in [2.05, 4.69) is 10.6 Å². The van der Waals surface area contributed by atoms with Gasteiger partial charge in [-0.1, -0.05) is 36.4 Å². The van der Waals surface area contributed by atoms with Crippen LogP contribution >= 0.6 is 12.2 Å². The van der Waals surface area contributed by atoms with Gasteiger partial charge in [-0.25, -0.2) is 0 Å². The molecular formula is C15H14N2O2S. The smallest absolute Gasteiger partial charge is 0.230 e. The highest BCUT2D eigenvalue weighted by molar-refractivity contribution is 7.80. The summed E-state index contributed by atoms with van der Waals surface area (Å²) in [6, 6.07) is 15.9. The maximum absolute atomic E-state index is 11.8. The SMILES string of the molecule is O=C(Cc1ccccc1)NC(=S)Nc1cccc(O)c1. The molecular weight excluding hydrogens is 272 g/mol. The van der Waals surface area contributed by atoms with Crippen molar-refractivity contribution < 1.29 is 9.90 Å². The van der Waals surface area contributed by atoms with Crippen molar-refractivity contribution in [1.29, 1.82) is 0 Å². The lowest BCUT2D eigenvalue weighted by Gasteiger charge is -2.09. The average molecular weight is 286 g/mol. The number of carbonyl (C=O) groups is 1. The van der Waals surface area contributed by atoms with Crippen LogP contribution in [-0.4, -0.2) is 16.1 Å². The van der Waals surface area contributed by atoms with E-state index in [1.807, 2.05) is 30.3 Å². The zero-order valence-corrected chi connectivity index (χ0v) is 11.5. The van der Waals surface area contributed by atoms with Gasteiger partial charge in [0.2, 0.25) is 5.91 Å². The third-order valence-corrected chi connectivity index (χ3v) is 2.77. The molecule has 2 aromatic carbocycles. The molecule has 0 aromatic heterocycles. The number of hydrogen-bond donors (Lipinski definition) is 3. The topological polar surface area (TPSA) is 61.4 Å². The van der Waals surface area contributed by atoms with E-state index < -0.39 is 0 Å². The van der Waals surface area contributed by atoms with Crippen LogP contribution in [0.3, 0.4) is 0 Å². The first-order valence-electron chi connectivity index (χ1n) is 6.07. The minimum absolute atomic E-state index is 0.133. The molecule has 102 valence electrons. The normalized spacial score (nSPS) is 9.80. The Hall–Kier alpha value is -2.40. The number of anilines is 1. The lowest BCUT2D eigenvalue weighted by molar-refractivity contribution is -0.119. The Labute approximate surface area is 122 Å². The van der Waals surface area contributed by atoms with Crippen LogP contribution in [0.4, 0.5) is 5.69 Å². The number of thiocarbonyl (C=S) groups is 1. The van der Waals surface area contributed by atoms with Crippen LogP contribution in [0.1, 0.15) is 5.56 Å². The summed E-state index contributed by atoms with van der Waals surface area (Å²) in [5.41, 5.74) is 1.54. The molecule has 0 saturated carbocycles. The largest absolute Gasteiger partial charge is 0.508 e. The maximum atomic E-state index is 11.8. The molecule has 2 aromatic rings. The van der Waals surface area contributed by atoms with E-state index >= 15 is 0 Å². The Bertz CT molecular complexity index is 614. The molecule has 0 bridgehead atoms. The van der Waals surface area contributed by atoms with E-state index in [1.54, 1.807) is 18.2 Å². The molecule has 0 spiro atoms. The quantitative estimate of drug-likeness (QED) is 0.759. The lowest BCUT2D eigenvalue weighted by Crippen LogP contribution is -2.35. The van der Waals surface area contributed by atoms with Gasteiger partial charge in [-0.3, -0.25) is 4.79 Å². The molecule has 0 atom stereocenters. The van der Waals surface area contributed by atoms with Gasteiger partial charge in [0, 0.05) is 11.8 Å². The van der Waals surface area contributed by atoms with Gasteiger partial charge in [-0.15, -0.1) is 0 Å². The van der Waals surface area contributed by atoms with Crippen LogP contribution in [0, 0.1) is 0 Å². The number of carbonyl (C=O) groups excluding carboxylic acids is 1. The summed E-state index contributed by atoms with van der Waals surface area (Å²) in [5.74, 6) is -0.0535. The first-order valence-corrected chi connectivity index (χ1v) is 6.48. The fraction of sp³-hybridized carbons (Fsp3) is 0.0667. The number of hydrogen-bond acceptors (Lipinski definition) is 3. The second kappa shape index (κ2) is 6.68. The van der Waals surface area contributed by atoms with Crippen LogP contribution < -0.4 is 10.6 Å². The number of nitrogens with one attached hydrogen (secondary N) is 2. The zero-order chi connectivity index (χ0) is 14.4. The second-order valence-electron chi connectivity index (χ2n) is 4.22. The Morgan fingerprint density at radius 1 is 1.10 bits per heavy atom. The van der Waals surface area contributed by atoms with Gasteiger partial charge >= 0.3 is 0 Å². The molecule has 3 N–H and O–H groups in total. The number of amides is 1. The van der Waals surface area contributed by atoms with Gasteiger partial charge in [-0.2, -0.15) is 0 Å². The molecule has 20 heavy (non-hydrogen) atoms. The Morgan fingerprint density at radius 2 is 1.85 bits per heavy atom. The predicted molar refractivity (Wildman–Crippen MR) is 82.6 cm³/mol. The molecule has 0 fully saturated rings. The number of phenolic OH excluding ortho intramolecular Hbond substituents is 1. The summed E-state index contributed by atoms with van der Waals surface area (Å²) < 4.78 is 0. The predicted octanol–water partition coefficient (Wildman–Crippen LogP) is 2.45. The molecule has 0 radical (unpaired) electrons. The van der Waals surface area contributed by atoms with Crippen LogP contribution in [-0.2, 0) is 11.2 Å². The van der Waals surface area contributed by atoms with Crippen molar-refractivity contribution in [2.75, 3.05) is 5.32 Å². The highest BCUT2D eigenvalue weighted by Gasteiger charge is 2.06. The highest BCUT2D eigenvalue weighted by Crippen LogP contribution is 2.15. The average Bonchev–Trinajstić information content (AvgIpc) is 2.39. The van der Waals surface area contributed by atoms with Crippen molar-refractivity contribution in [3.05, 3.63) is 60.2 Å². The van der Waals surface area contributed by atoms with Crippen molar-refractivity contribution >= 4 is 28.9 Å². The van der Waals surface area contributed by atoms with Crippen LogP contribution in [0.2, 0.25) is 0 Å². The number of rotatable bonds is 3. The Kier molecular flexibility index (Phi) is 4.68. The van der Waals surface area contributed by atoms with Crippen LogP contribution in [0.5, 0.6) is 5.75 Å². The lowest BCUT2D eigenvalue weighted by atomic mass is 10.1. The van der Waals surface area contributed by atoms with E-state index in [9.17, 15) is 9.90 Å². The molecule has 0 aliphatic carbocycles. The van der Waals surface area contributed by atoms with E-state index in [-0.39, 0.29) is 23.2 Å². The standard InChI is InChI=1S/C15H14N2O2S/c18-13-8-4-7-12(10-13)16-15(20)17-14(19)9-11-5-2-1-3-6-11/h1-8,10,18H,9H2,(H2,16,17,19,20). The monoisotopic (exact) mass is 286 g/mol. The molecule has 0 aliphatic heterocycles. The minimum Gasteiger partial charge on any atom is -0.508 e. The molecule has 4 nitrogen and oxygen atoms in total. The Morgan fingerprint density at radius 3 is 2.55 bits per heavy atom. The third kappa shape index (κ3) is 4.37. The zero-order valence-electron chi connectivity index (χ0n) is 10.7. The number of benzene rings is 2. The second-order valence-corrected chi connectivity index (χ2v) is 4.62. The van der Waals surface area contributed by atoms with E-state index in [0.29, 0.717) is 5.69 Å². The molecule has 2 rings (SSSR count). The molecule has 0 saturated heterocycles. The summed E-state index contributed by atoms with van der Waals surface area (Å²) in [6.07, 6.45) is 0.267. The van der Waals surface area contributed by atoms with Crippen molar-refractivity contribution in [1.82, 2.24) is 5.32 Å². The van der Waals surface area contributed by atoms with Crippen LogP contribution in [0.15, 0.2) is 54.6 Å². The van der Waals surface area contributed by atoms with E-state index in [1.165, 1.54) is 6.07 Å². The molecule has 5 heteroatoms. The van der Waals surface area contributed by atoms with Gasteiger partial charge in [0.25, 0.3) is 0 Å². The summed E-state index contributed by atoms with van der Waals surface area (Å²) in [4.78, 5) is 11.8. The van der Waals surface area contributed by atoms with Crippen molar-refractivity contribution in [3.8, 4) is 5.75 Å². The van der Waals surface area contributed by atoms with Crippen molar-refractivity contribution in [2.45, 2.75) is 6.42 Å². The van der Waals surface area contributed by atoms with E-state index in [4.69, 9.17) is 12.2 Å². The first-order chi connectivity index (χ1) is 9.63. The summed E-state index contributed by atoms with van der Waals surface area (Å²) in [6.45, 7) is 0. The number of aromatic hydroxyl groups is 1. The molecule has 0 unspecified atom stereocenters. The van der Waals surface area contributed by atoms with Crippen LogP contribution in [0.25, 0.3) is 0 Å². The van der Waals surface area contributed by atoms with Gasteiger partial charge in [0.15, 0.2) is 5.11 Å². The minimum atomic E-state index is -0.186. The third-order valence-electron chi connectivity index (χ3n) is 2.56. The molecule has 1 amide bonds. The van der Waals surface area contributed by atoms with E-state index in [0.717, 1.165) is 5.56 Å². The highest BCUT2D eigenvalue weighted by atomic mass is 32.1. The summed E-state index contributed by atoms with van der Waals surface area (Å²) >= 11 is 5.05. The van der Waals surface area contributed by atoms with Gasteiger partial charge in [0.05, 0.1) is 6.42 Å². The number of phenols is 1. The summed E-state index contributed by atoms with van der Waals surface area (Å²) in [7, 11) is 0. The van der Waals surface area contributed by atoms with Crippen molar-refractivity contribution in [3.63, 3.8) is 0 Å². The first kappa shape index (κ1) is 14.0. The molecule has 0 heterocycles. The fourth-order valence-corrected chi connectivity index (χ4v) is 1.93. The van der Waals surface area contributed by atoms with Gasteiger partial charge in [-0.05, 0) is 29.9 Å². The van der Waals surface area contributed by atoms with Gasteiger partial charge in [0.1, 0.15) is 5.75 Å². The molecule has 0 aliphatic rings.